The van der Waals surface area contributed by atoms with Gasteiger partial charge in [-0.05, 0) is 45.9 Å². The molecular formula is C12H17BF2O3. The molecule has 0 aliphatic heterocycles. The Hall–Kier alpha value is -0.975. The van der Waals surface area contributed by atoms with Crippen molar-refractivity contribution >= 4 is 12.6 Å². The fraction of sp³-hybridized carbons (Fsp3) is 0.500. The normalized spacial score (nSPS) is 12.7. The van der Waals surface area contributed by atoms with Gasteiger partial charge in [-0.2, -0.15) is 0 Å². The molecule has 6 heteroatoms. The third-order valence-electron chi connectivity index (χ3n) is 3.10. The van der Waals surface area contributed by atoms with Gasteiger partial charge in [-0.15, -0.1) is 0 Å². The molecule has 0 radical (unpaired) electrons. The molecule has 18 heavy (non-hydrogen) atoms. The van der Waals surface area contributed by atoms with Gasteiger partial charge in [-0.25, -0.2) is 8.78 Å². The Morgan fingerprint density at radius 2 is 1.72 bits per heavy atom. The van der Waals surface area contributed by atoms with Gasteiger partial charge < -0.3 is 14.8 Å². The van der Waals surface area contributed by atoms with Gasteiger partial charge in [0, 0.05) is 5.46 Å². The Morgan fingerprint density at radius 3 is 2.22 bits per heavy atom. The van der Waals surface area contributed by atoms with Crippen LogP contribution in [0, 0.1) is 11.6 Å². The highest BCUT2D eigenvalue weighted by atomic mass is 19.1. The van der Waals surface area contributed by atoms with Crippen molar-refractivity contribution < 1.29 is 23.6 Å². The first-order valence-corrected chi connectivity index (χ1v) is 5.58. The smallest absolute Gasteiger partial charge is 0.423 e. The first-order valence-electron chi connectivity index (χ1n) is 5.58. The summed E-state index contributed by atoms with van der Waals surface area (Å²) >= 11 is 0. The van der Waals surface area contributed by atoms with E-state index in [-0.39, 0.29) is 5.46 Å². The summed E-state index contributed by atoms with van der Waals surface area (Å²) < 4.78 is 31.6. The number of aliphatic hydroxyl groups is 1. The molecule has 0 saturated heterocycles. The molecule has 0 fully saturated rings. The van der Waals surface area contributed by atoms with Crippen molar-refractivity contribution in [3.05, 3.63) is 29.8 Å². The lowest BCUT2D eigenvalue weighted by atomic mass is 9.76. The molecule has 100 valence electrons. The third-order valence-corrected chi connectivity index (χ3v) is 3.10. The second-order valence-corrected chi connectivity index (χ2v) is 5.21. The molecule has 0 aromatic heterocycles. The van der Waals surface area contributed by atoms with Crippen LogP contribution in [0.15, 0.2) is 18.2 Å². The van der Waals surface area contributed by atoms with Crippen molar-refractivity contribution in [2.75, 3.05) is 0 Å². The maximum atomic E-state index is 13.4. The highest BCUT2D eigenvalue weighted by Gasteiger charge is 2.40. The van der Waals surface area contributed by atoms with Gasteiger partial charge in [0.05, 0.1) is 11.2 Å². The monoisotopic (exact) mass is 258 g/mol. The minimum atomic E-state index is -1.65. The van der Waals surface area contributed by atoms with Crippen LogP contribution >= 0.6 is 0 Å². The average Bonchev–Trinajstić information content (AvgIpc) is 2.19. The van der Waals surface area contributed by atoms with E-state index in [2.05, 4.69) is 0 Å². The summed E-state index contributed by atoms with van der Waals surface area (Å²) in [6.45, 7) is 6.10. The molecule has 0 spiro atoms. The van der Waals surface area contributed by atoms with Crippen LogP contribution in [-0.2, 0) is 4.65 Å². The van der Waals surface area contributed by atoms with Crippen molar-refractivity contribution in [2.24, 2.45) is 0 Å². The van der Waals surface area contributed by atoms with Gasteiger partial charge in [0.2, 0.25) is 0 Å². The summed E-state index contributed by atoms with van der Waals surface area (Å²) in [5.41, 5.74) is -2.68. The molecule has 2 N–H and O–H groups in total. The molecule has 0 atom stereocenters. The molecule has 0 unspecified atom stereocenters. The van der Waals surface area contributed by atoms with Gasteiger partial charge in [0.25, 0.3) is 0 Å². The van der Waals surface area contributed by atoms with E-state index in [1.807, 2.05) is 0 Å². The molecule has 3 nitrogen and oxygen atoms in total. The van der Waals surface area contributed by atoms with E-state index in [9.17, 15) is 18.9 Å². The average molecular weight is 258 g/mol. The highest BCUT2D eigenvalue weighted by Crippen LogP contribution is 2.25. The number of rotatable bonds is 4. The van der Waals surface area contributed by atoms with Crippen LogP contribution in [0.1, 0.15) is 27.7 Å². The molecule has 0 aliphatic carbocycles. The Balaban J connectivity index is 2.95. The lowest BCUT2D eigenvalue weighted by Gasteiger charge is -2.38. The van der Waals surface area contributed by atoms with Crippen LogP contribution in [0.2, 0.25) is 0 Å². The molecule has 1 aromatic rings. The molecule has 0 aliphatic rings. The van der Waals surface area contributed by atoms with Crippen molar-refractivity contribution in [3.63, 3.8) is 0 Å². The lowest BCUT2D eigenvalue weighted by Crippen LogP contribution is -2.53. The summed E-state index contributed by atoms with van der Waals surface area (Å²) in [4.78, 5) is 0. The Morgan fingerprint density at radius 1 is 1.17 bits per heavy atom. The van der Waals surface area contributed by atoms with Crippen LogP contribution in [0.25, 0.3) is 0 Å². The molecule has 0 heterocycles. The zero-order chi connectivity index (χ0) is 14.1. The Labute approximate surface area is 106 Å². The van der Waals surface area contributed by atoms with Crippen LogP contribution < -0.4 is 5.46 Å². The van der Waals surface area contributed by atoms with Crippen LogP contribution in [-0.4, -0.2) is 28.5 Å². The van der Waals surface area contributed by atoms with Crippen LogP contribution in [0.5, 0.6) is 0 Å². The molecule has 1 rings (SSSR count). The Bertz CT molecular complexity index is 430. The maximum absolute atomic E-state index is 13.4. The maximum Gasteiger partial charge on any atom is 0.494 e. The summed E-state index contributed by atoms with van der Waals surface area (Å²) in [6.07, 6.45) is 0. The van der Waals surface area contributed by atoms with E-state index < -0.39 is 30.0 Å². The van der Waals surface area contributed by atoms with E-state index >= 15 is 0 Å². The summed E-state index contributed by atoms with van der Waals surface area (Å²) in [5.74, 6) is -1.44. The minimum absolute atomic E-state index is 0.299. The number of benzene rings is 1. The van der Waals surface area contributed by atoms with Gasteiger partial charge in [0.15, 0.2) is 0 Å². The summed E-state index contributed by atoms with van der Waals surface area (Å²) in [6, 6.07) is 2.72. The largest absolute Gasteiger partial charge is 0.494 e. The van der Waals surface area contributed by atoms with Gasteiger partial charge in [0.1, 0.15) is 11.6 Å². The standard InChI is InChI=1S/C12H17BF2O3/c1-11(2,16)12(3,4)18-13(17)9-7-8(14)5-6-10(9)15/h5-7,16-17H,1-4H3. The van der Waals surface area contributed by atoms with Crippen molar-refractivity contribution in [3.8, 4) is 0 Å². The molecule has 0 amide bonds. The molecule has 1 aromatic carbocycles. The third kappa shape index (κ3) is 3.28. The highest BCUT2D eigenvalue weighted by molar-refractivity contribution is 6.60. The second-order valence-electron chi connectivity index (χ2n) is 5.21. The predicted octanol–water partition coefficient (Wildman–Crippen LogP) is 1.22. The van der Waals surface area contributed by atoms with Gasteiger partial charge in [-0.1, -0.05) is 0 Å². The quantitative estimate of drug-likeness (QED) is 0.798. The fourth-order valence-corrected chi connectivity index (χ4v) is 1.19. The van der Waals surface area contributed by atoms with E-state index in [0.717, 1.165) is 18.2 Å². The number of hydrogen-bond donors (Lipinski definition) is 2. The Kier molecular flexibility index (Phi) is 4.15. The van der Waals surface area contributed by atoms with Crippen molar-refractivity contribution in [2.45, 2.75) is 38.9 Å². The number of hydrogen-bond acceptors (Lipinski definition) is 3. The minimum Gasteiger partial charge on any atom is -0.423 e. The number of halogens is 2. The fourth-order valence-electron chi connectivity index (χ4n) is 1.19. The molecule has 0 bridgehead atoms. The molecular weight excluding hydrogens is 241 g/mol. The first kappa shape index (κ1) is 15.1. The van der Waals surface area contributed by atoms with Gasteiger partial charge >= 0.3 is 7.12 Å². The topological polar surface area (TPSA) is 49.7 Å². The van der Waals surface area contributed by atoms with Crippen LogP contribution in [0.3, 0.4) is 0 Å². The van der Waals surface area contributed by atoms with Crippen molar-refractivity contribution in [1.29, 1.82) is 0 Å². The van der Waals surface area contributed by atoms with E-state index in [1.165, 1.54) is 13.8 Å². The zero-order valence-electron chi connectivity index (χ0n) is 10.9. The summed E-state index contributed by atoms with van der Waals surface area (Å²) in [5, 5.41) is 19.6. The van der Waals surface area contributed by atoms with Crippen molar-refractivity contribution in [1.82, 2.24) is 0 Å². The van der Waals surface area contributed by atoms with E-state index in [0.29, 0.717) is 0 Å². The SMILES string of the molecule is CC(C)(O)C(C)(C)OB(O)c1cc(F)ccc1F. The van der Waals surface area contributed by atoms with E-state index in [1.54, 1.807) is 13.8 Å². The molecule has 0 saturated carbocycles. The second kappa shape index (κ2) is 4.95. The van der Waals surface area contributed by atoms with Gasteiger partial charge in [-0.3, -0.25) is 0 Å². The van der Waals surface area contributed by atoms with Crippen LogP contribution in [0.4, 0.5) is 8.78 Å². The lowest BCUT2D eigenvalue weighted by molar-refractivity contribution is -0.0983. The first-order chi connectivity index (χ1) is 8.04. The zero-order valence-corrected chi connectivity index (χ0v) is 10.9. The predicted molar refractivity (Wildman–Crippen MR) is 65.4 cm³/mol. The van der Waals surface area contributed by atoms with E-state index in [4.69, 9.17) is 4.65 Å². The summed E-state index contributed by atoms with van der Waals surface area (Å²) in [7, 11) is -1.65.